The molecule has 19 nitrogen and oxygen atoms in total. The summed E-state index contributed by atoms with van der Waals surface area (Å²) < 4.78 is 45.1. The van der Waals surface area contributed by atoms with Crippen molar-refractivity contribution in [1.29, 1.82) is 0 Å². The number of nitrogens with two attached hydrogens (primary N) is 1. The summed E-state index contributed by atoms with van der Waals surface area (Å²) in [5.41, 5.74) is 8.15. The van der Waals surface area contributed by atoms with Crippen molar-refractivity contribution in [2.75, 3.05) is 40.3 Å². The van der Waals surface area contributed by atoms with Crippen LogP contribution in [0.15, 0.2) is 97.1 Å². The minimum absolute atomic E-state index is 0.0419. The highest BCUT2D eigenvalue weighted by Crippen LogP contribution is 2.38. The third-order valence-electron chi connectivity index (χ3n) is 15.5. The van der Waals surface area contributed by atoms with Crippen LogP contribution in [0.1, 0.15) is 109 Å². The van der Waals surface area contributed by atoms with Gasteiger partial charge in [0.25, 0.3) is 0 Å². The largest absolute Gasteiger partial charge is 0.489 e. The normalized spacial score (nSPS) is 20.2. The van der Waals surface area contributed by atoms with Crippen LogP contribution in [-0.2, 0) is 59.2 Å². The molecule has 4 aromatic carbocycles. The summed E-state index contributed by atoms with van der Waals surface area (Å²) >= 11 is 0. The van der Waals surface area contributed by atoms with Crippen LogP contribution in [0.2, 0.25) is 0 Å². The lowest BCUT2D eigenvalue weighted by Gasteiger charge is -2.37. The predicted octanol–water partition coefficient (Wildman–Crippen LogP) is 6.76. The maximum absolute atomic E-state index is 14.1. The Morgan fingerprint density at radius 3 is 2.12 bits per heavy atom. The highest BCUT2D eigenvalue weighted by Gasteiger charge is 2.47. The number of benzene rings is 4. The second-order valence-electron chi connectivity index (χ2n) is 23.9. The maximum atomic E-state index is 14.1. The van der Waals surface area contributed by atoms with Crippen LogP contribution < -0.4 is 36.5 Å². The Balaban J connectivity index is 0.000000280. The first-order valence-corrected chi connectivity index (χ1v) is 29.9. The number of carboxylic acids is 1. The third-order valence-corrected chi connectivity index (χ3v) is 15.5. The number of halogens is 2. The van der Waals surface area contributed by atoms with Crippen molar-refractivity contribution in [1.82, 2.24) is 36.0 Å². The van der Waals surface area contributed by atoms with E-state index in [0.29, 0.717) is 62.2 Å². The molecular formula is C65H88F2N8O11. The maximum Gasteiger partial charge on any atom is 0.411 e. The van der Waals surface area contributed by atoms with Crippen molar-refractivity contribution in [3.05, 3.63) is 131 Å². The van der Waals surface area contributed by atoms with Gasteiger partial charge in [0.15, 0.2) is 0 Å². The van der Waals surface area contributed by atoms with Crippen LogP contribution in [0, 0.1) is 23.5 Å². The Kier molecular flexibility index (Phi) is 24.8. The number of hydrogen-bond donors (Lipinski definition) is 6. The molecular weight excluding hydrogens is 1110 g/mol. The minimum atomic E-state index is -1.30. The van der Waals surface area contributed by atoms with Crippen molar-refractivity contribution in [2.24, 2.45) is 17.6 Å². The molecule has 8 atom stereocenters. The molecule has 7 rings (SSSR count). The number of likely N-dealkylation sites (N-methyl/N-ethyl adjacent to an activating group) is 2. The average Bonchev–Trinajstić information content (AvgIpc) is 3.35. The first kappa shape index (κ1) is 67.5. The Morgan fingerprint density at radius 2 is 1.50 bits per heavy atom. The second-order valence-corrected chi connectivity index (χ2v) is 23.9. The van der Waals surface area contributed by atoms with Gasteiger partial charge in [0.2, 0.25) is 29.5 Å². The zero-order valence-corrected chi connectivity index (χ0v) is 51.1. The SMILES string of the molecule is C[C@@H]1CN[C@@H](C2CC2)C(=O)N(C)[C@H](C)C(=O)N[C@H](Cc2ccc(F)cc2)C(=O)NCCCc2ccccc2O1.C[C@H](CN(C(=O)OC(C)(C)C)[C@H](C(=O)N(C)[C@H](C)C(=O)N[C@H](Cc1ccc(F)cc1)C(=O)O)C1CC1)Oc1ccccc1CCCN. The molecule has 0 radical (unpaired) electrons. The molecule has 0 unspecified atom stereocenters. The summed E-state index contributed by atoms with van der Waals surface area (Å²) in [7, 11) is 3.08. The number of aryl methyl sites for hydroxylation is 2. The topological polar surface area (TPSA) is 251 Å². The summed E-state index contributed by atoms with van der Waals surface area (Å²) in [5, 5.41) is 21.4. The van der Waals surface area contributed by atoms with E-state index in [0.717, 1.165) is 42.6 Å². The fraction of sp³-hybridized carbons (Fsp3) is 0.523. The zero-order chi connectivity index (χ0) is 62.8. The Bertz CT molecular complexity index is 2920. The van der Waals surface area contributed by atoms with E-state index in [4.69, 9.17) is 19.9 Å². The summed E-state index contributed by atoms with van der Waals surface area (Å²) in [5.74, 6) is -2.63. The summed E-state index contributed by atoms with van der Waals surface area (Å²) in [6.07, 6.45) is 4.99. The van der Waals surface area contributed by atoms with Gasteiger partial charge in [0.1, 0.15) is 71.2 Å². The van der Waals surface area contributed by atoms with E-state index in [1.807, 2.05) is 62.4 Å². The molecule has 1 heterocycles. The van der Waals surface area contributed by atoms with E-state index < -0.39 is 83.6 Å². The van der Waals surface area contributed by atoms with Crippen molar-refractivity contribution >= 4 is 41.6 Å². The highest BCUT2D eigenvalue weighted by molar-refractivity contribution is 5.94. The van der Waals surface area contributed by atoms with Gasteiger partial charge in [-0.2, -0.15) is 0 Å². The Morgan fingerprint density at radius 1 is 0.872 bits per heavy atom. The van der Waals surface area contributed by atoms with Gasteiger partial charge < -0.3 is 56.1 Å². The summed E-state index contributed by atoms with van der Waals surface area (Å²) in [6, 6.07) is 21.3. The predicted molar refractivity (Wildman–Crippen MR) is 322 cm³/mol. The molecule has 2 aliphatic carbocycles. The molecule has 86 heavy (non-hydrogen) atoms. The lowest BCUT2D eigenvalue weighted by atomic mass is 10.0. The molecule has 7 N–H and O–H groups in total. The smallest absolute Gasteiger partial charge is 0.411 e. The monoisotopic (exact) mass is 1190 g/mol. The Hall–Kier alpha value is -7.65. The van der Waals surface area contributed by atoms with Crippen molar-refractivity contribution < 1.29 is 61.7 Å². The van der Waals surface area contributed by atoms with Crippen molar-refractivity contribution in [3.63, 3.8) is 0 Å². The fourth-order valence-electron chi connectivity index (χ4n) is 10.0. The van der Waals surface area contributed by atoms with E-state index in [1.54, 1.807) is 46.9 Å². The minimum Gasteiger partial charge on any atom is -0.489 e. The molecule has 21 heteroatoms. The number of para-hydroxylation sites is 2. The number of rotatable bonds is 19. The quantitative estimate of drug-likeness (QED) is 0.0569. The van der Waals surface area contributed by atoms with Crippen LogP contribution in [-0.4, -0.2) is 156 Å². The van der Waals surface area contributed by atoms with Gasteiger partial charge in [-0.15, -0.1) is 0 Å². The number of aliphatic carboxylic acids is 1. The number of ether oxygens (including phenoxy) is 3. The number of carbonyl (C=O) groups is 7. The summed E-state index contributed by atoms with van der Waals surface area (Å²) in [4.78, 5) is 97.1. The molecule has 2 fully saturated rings. The van der Waals surface area contributed by atoms with Crippen LogP contribution in [0.25, 0.3) is 0 Å². The molecule has 0 saturated heterocycles. The number of carbonyl (C=O) groups excluding carboxylic acids is 6. The second kappa shape index (κ2) is 31.7. The fourth-order valence-corrected chi connectivity index (χ4v) is 10.0. The van der Waals surface area contributed by atoms with Gasteiger partial charge in [-0.1, -0.05) is 60.7 Å². The van der Waals surface area contributed by atoms with Crippen molar-refractivity contribution in [2.45, 2.75) is 167 Å². The lowest BCUT2D eigenvalue weighted by molar-refractivity contribution is -0.145. The molecule has 2 saturated carbocycles. The molecule has 0 aromatic heterocycles. The van der Waals surface area contributed by atoms with Gasteiger partial charge in [-0.3, -0.25) is 28.9 Å². The van der Waals surface area contributed by atoms with Gasteiger partial charge >= 0.3 is 12.1 Å². The zero-order valence-electron chi connectivity index (χ0n) is 51.1. The standard InChI is InChI=1S/C35H49FN4O7.C30H39FN4O4/c1-22(46-29-12-8-7-10-25(29)11-9-19-37)21-40(34(45)47-35(3,4)5)30(26-15-16-26)32(42)39(6)23(2)31(41)38-28(33(43)44)20-24-13-17-27(36)18-14-24;1-19-18-33-27(23-12-13-23)30(38)35(3)20(2)28(36)34-25(17-21-10-14-24(31)15-11-21)29(37)32-16-6-8-22-7-4-5-9-26(22)39-19/h7-8,10,12-14,17-18,22-23,26,28,30H,9,11,15-16,19-21,37H2,1-6H3,(H,38,41)(H,43,44);4-5,7,9-11,14-15,19-20,23,25,27,33H,6,8,12-13,16-18H2,1-3H3,(H,32,37)(H,34,36)/t22-,23-,28-,30+;19-,20-,25-,27+/m11/s1. The van der Waals surface area contributed by atoms with E-state index in [1.165, 1.54) is 65.1 Å². The molecule has 0 spiro atoms. The average molecular weight is 1200 g/mol. The Labute approximate surface area is 504 Å². The number of hydrogen-bond acceptors (Lipinski definition) is 12. The molecule has 468 valence electrons. The van der Waals surface area contributed by atoms with Gasteiger partial charge in [-0.25, -0.2) is 18.4 Å². The third kappa shape index (κ3) is 20.5. The molecule has 6 amide bonds. The van der Waals surface area contributed by atoms with Gasteiger partial charge in [0, 0.05) is 40.0 Å². The summed E-state index contributed by atoms with van der Waals surface area (Å²) in [6.45, 7) is 13.7. The number of fused-ring (bicyclic) bond motifs is 1. The van der Waals surface area contributed by atoms with Crippen LogP contribution in [0.4, 0.5) is 13.6 Å². The van der Waals surface area contributed by atoms with E-state index >= 15 is 0 Å². The molecule has 4 aromatic rings. The highest BCUT2D eigenvalue weighted by atomic mass is 19.1. The number of nitrogens with zero attached hydrogens (tertiary/aromatic N) is 3. The van der Waals surface area contributed by atoms with Crippen LogP contribution >= 0.6 is 0 Å². The first-order chi connectivity index (χ1) is 40.8. The van der Waals surface area contributed by atoms with Crippen molar-refractivity contribution in [3.8, 4) is 11.5 Å². The number of nitrogens with one attached hydrogen (secondary N) is 4. The van der Waals surface area contributed by atoms with Gasteiger partial charge in [0.05, 0.1) is 12.6 Å². The van der Waals surface area contributed by atoms with Crippen LogP contribution in [0.5, 0.6) is 11.5 Å². The van der Waals surface area contributed by atoms with E-state index in [2.05, 4.69) is 21.3 Å². The van der Waals surface area contributed by atoms with Gasteiger partial charge in [-0.05, 0) is 177 Å². The molecule has 0 bridgehead atoms. The van der Waals surface area contributed by atoms with E-state index in [9.17, 15) is 47.4 Å². The number of carboxylic acid groups (broad SMARTS) is 1. The molecule has 3 aliphatic rings. The van der Waals surface area contributed by atoms with E-state index in [-0.39, 0.29) is 55.0 Å². The first-order valence-electron chi connectivity index (χ1n) is 29.9. The number of amides is 6. The molecule has 1 aliphatic heterocycles. The van der Waals surface area contributed by atoms with Crippen LogP contribution in [0.3, 0.4) is 0 Å². The lowest BCUT2D eigenvalue weighted by Crippen LogP contribution is -2.58.